The Hall–Kier alpha value is -2.87. The molecule has 8 heteroatoms. The molecule has 3 aromatic rings. The smallest absolute Gasteiger partial charge is 0.317 e. The van der Waals surface area contributed by atoms with Gasteiger partial charge < -0.3 is 19.9 Å². The number of likely N-dealkylation sites (tertiary alicyclic amines) is 1. The zero-order valence-corrected chi connectivity index (χ0v) is 17.6. The molecule has 0 bridgehead atoms. The number of ether oxygens (including phenoxy) is 1. The summed E-state index contributed by atoms with van der Waals surface area (Å²) in [5, 5.41) is 8.89. The first-order valence-corrected chi connectivity index (χ1v) is 10.8. The molecular weight excluding hydrogens is 380 g/mol. The van der Waals surface area contributed by atoms with E-state index in [0.29, 0.717) is 19.8 Å². The molecule has 1 unspecified atom stereocenters. The topological polar surface area (TPSA) is 88.1 Å². The van der Waals surface area contributed by atoms with Crippen LogP contribution in [-0.4, -0.2) is 56.9 Å². The second-order valence-electron chi connectivity index (χ2n) is 8.25. The number of aromatic nitrogens is 4. The molecule has 5 rings (SSSR count). The second kappa shape index (κ2) is 7.43. The Labute approximate surface area is 175 Å². The summed E-state index contributed by atoms with van der Waals surface area (Å²) in [5.41, 5.74) is 5.19. The lowest BCUT2D eigenvalue weighted by Crippen LogP contribution is -2.40. The highest BCUT2D eigenvalue weighted by atomic mass is 16.5. The van der Waals surface area contributed by atoms with E-state index in [-0.39, 0.29) is 11.4 Å². The van der Waals surface area contributed by atoms with E-state index in [1.54, 1.807) is 0 Å². The van der Waals surface area contributed by atoms with Gasteiger partial charge >= 0.3 is 6.03 Å². The fraction of sp³-hybridized carbons (Fsp3) is 0.500. The number of hydrogen-bond acceptors (Lipinski definition) is 4. The van der Waals surface area contributed by atoms with Gasteiger partial charge in [0.15, 0.2) is 0 Å². The number of nitrogens with zero attached hydrogens (tertiary/aromatic N) is 4. The molecule has 2 amide bonds. The van der Waals surface area contributed by atoms with Gasteiger partial charge in [0, 0.05) is 72.8 Å². The predicted molar refractivity (Wildman–Crippen MR) is 114 cm³/mol. The summed E-state index contributed by atoms with van der Waals surface area (Å²) < 4.78 is 7.71. The summed E-state index contributed by atoms with van der Waals surface area (Å²) in [7, 11) is 0. The van der Waals surface area contributed by atoms with E-state index in [4.69, 9.17) is 9.84 Å². The van der Waals surface area contributed by atoms with Crippen molar-refractivity contribution in [3.05, 3.63) is 35.8 Å². The number of carbonyl (C=O) groups excluding carboxylic acids is 1. The molecule has 1 spiro atoms. The maximum absolute atomic E-state index is 12.3. The molecule has 158 valence electrons. The number of nitrogens with one attached hydrogen (secondary N) is 2. The summed E-state index contributed by atoms with van der Waals surface area (Å²) >= 11 is 0. The zero-order valence-electron chi connectivity index (χ0n) is 17.6. The second-order valence-corrected chi connectivity index (χ2v) is 8.25. The number of aryl methyl sites for hydroxylation is 1. The van der Waals surface area contributed by atoms with Crippen LogP contribution in [0.2, 0.25) is 0 Å². The molecule has 5 heterocycles. The van der Waals surface area contributed by atoms with Crippen LogP contribution in [0.3, 0.4) is 0 Å². The lowest BCUT2D eigenvalue weighted by Gasteiger charge is -2.23. The van der Waals surface area contributed by atoms with Gasteiger partial charge in [-0.3, -0.25) is 4.68 Å². The minimum atomic E-state index is 0.0159. The first-order valence-electron chi connectivity index (χ1n) is 10.8. The molecule has 0 saturated carbocycles. The van der Waals surface area contributed by atoms with Crippen LogP contribution < -0.4 is 5.32 Å². The molecule has 2 aliphatic rings. The van der Waals surface area contributed by atoms with E-state index in [0.717, 1.165) is 60.3 Å². The highest BCUT2D eigenvalue weighted by Crippen LogP contribution is 2.43. The highest BCUT2D eigenvalue weighted by Gasteiger charge is 2.46. The van der Waals surface area contributed by atoms with Crippen LogP contribution in [0, 0.1) is 0 Å². The molecule has 2 N–H and O–H groups in total. The van der Waals surface area contributed by atoms with Crippen LogP contribution >= 0.6 is 0 Å². The fourth-order valence-corrected chi connectivity index (χ4v) is 4.85. The number of pyridine rings is 1. The molecule has 1 atom stereocenters. The lowest BCUT2D eigenvalue weighted by atomic mass is 9.82. The van der Waals surface area contributed by atoms with Gasteiger partial charge in [0.25, 0.3) is 0 Å². The van der Waals surface area contributed by atoms with E-state index in [9.17, 15) is 4.79 Å². The molecule has 0 aliphatic carbocycles. The Balaban J connectivity index is 1.44. The van der Waals surface area contributed by atoms with E-state index < -0.39 is 0 Å². The number of fused-ring (bicyclic) bond motifs is 3. The van der Waals surface area contributed by atoms with Gasteiger partial charge in [0.2, 0.25) is 0 Å². The van der Waals surface area contributed by atoms with Gasteiger partial charge in [-0.2, -0.15) is 5.10 Å². The van der Waals surface area contributed by atoms with Crippen molar-refractivity contribution in [3.63, 3.8) is 0 Å². The average Bonchev–Trinajstić information content (AvgIpc) is 3.52. The van der Waals surface area contributed by atoms with Crippen molar-refractivity contribution >= 4 is 17.1 Å². The summed E-state index contributed by atoms with van der Waals surface area (Å²) in [4.78, 5) is 22.1. The standard InChI is InChI=1S/C22H28N6O2/c1-3-23-21(29)27-7-5-22(14-27)6-8-28-19(22)10-18(26-28)15-9-17-16(13-30-4-2)12-25-20(17)24-11-15/h9-12H,3-8,13-14H2,1-2H3,(H,23,29)(H,24,25). The lowest BCUT2D eigenvalue weighted by molar-refractivity contribution is 0.135. The third-order valence-electron chi connectivity index (χ3n) is 6.47. The van der Waals surface area contributed by atoms with Gasteiger partial charge in [-0.15, -0.1) is 0 Å². The van der Waals surface area contributed by atoms with E-state index >= 15 is 0 Å². The van der Waals surface area contributed by atoms with Crippen LogP contribution in [-0.2, 0) is 23.3 Å². The van der Waals surface area contributed by atoms with Crippen molar-refractivity contribution < 1.29 is 9.53 Å². The van der Waals surface area contributed by atoms with Crippen LogP contribution in [0.25, 0.3) is 22.3 Å². The largest absolute Gasteiger partial charge is 0.377 e. The molecule has 1 fully saturated rings. The minimum Gasteiger partial charge on any atom is -0.377 e. The van der Waals surface area contributed by atoms with Gasteiger partial charge in [0.05, 0.1) is 12.3 Å². The monoisotopic (exact) mass is 408 g/mol. The van der Waals surface area contributed by atoms with Crippen LogP contribution in [0.5, 0.6) is 0 Å². The Kier molecular flexibility index (Phi) is 4.73. The van der Waals surface area contributed by atoms with Crippen molar-refractivity contribution in [1.82, 2.24) is 30.0 Å². The number of urea groups is 1. The molecule has 8 nitrogen and oxygen atoms in total. The maximum Gasteiger partial charge on any atom is 0.317 e. The van der Waals surface area contributed by atoms with Crippen molar-refractivity contribution in [2.45, 2.75) is 45.3 Å². The normalized spacial score (nSPS) is 20.4. The Bertz CT molecular complexity index is 1090. The van der Waals surface area contributed by atoms with Gasteiger partial charge in [0.1, 0.15) is 5.65 Å². The third kappa shape index (κ3) is 3.06. The number of aromatic amines is 1. The van der Waals surface area contributed by atoms with Crippen molar-refractivity contribution in [3.8, 4) is 11.3 Å². The SMILES string of the molecule is CCNC(=O)N1CCC2(CCn3nc(-c4cnc5[nH]cc(COCC)c5c4)cc32)C1. The van der Waals surface area contributed by atoms with Crippen molar-refractivity contribution in [1.29, 1.82) is 0 Å². The molecule has 2 aliphatic heterocycles. The zero-order chi connectivity index (χ0) is 20.7. The van der Waals surface area contributed by atoms with Crippen LogP contribution in [0.15, 0.2) is 24.5 Å². The van der Waals surface area contributed by atoms with E-state index in [1.165, 1.54) is 5.69 Å². The molecule has 3 aromatic heterocycles. The number of H-pyrrole nitrogens is 1. The first-order chi connectivity index (χ1) is 14.6. The predicted octanol–water partition coefficient (Wildman–Crippen LogP) is 3.04. The van der Waals surface area contributed by atoms with Gasteiger partial charge in [-0.25, -0.2) is 9.78 Å². The Morgan fingerprint density at radius 1 is 1.30 bits per heavy atom. The average molecular weight is 409 g/mol. The minimum absolute atomic E-state index is 0.0159. The van der Waals surface area contributed by atoms with E-state index in [2.05, 4.69) is 32.1 Å². The first kappa shape index (κ1) is 19.1. The fourth-order valence-electron chi connectivity index (χ4n) is 4.85. The Morgan fingerprint density at radius 2 is 2.17 bits per heavy atom. The molecule has 1 saturated heterocycles. The number of hydrogen-bond donors (Lipinski definition) is 2. The van der Waals surface area contributed by atoms with E-state index in [1.807, 2.05) is 31.1 Å². The summed E-state index contributed by atoms with van der Waals surface area (Å²) in [6.45, 7) is 8.32. The number of rotatable bonds is 5. The third-order valence-corrected chi connectivity index (χ3v) is 6.47. The summed E-state index contributed by atoms with van der Waals surface area (Å²) in [6, 6.07) is 4.39. The van der Waals surface area contributed by atoms with Crippen LogP contribution in [0.4, 0.5) is 4.79 Å². The van der Waals surface area contributed by atoms with Gasteiger partial charge in [-0.05, 0) is 38.8 Å². The molecule has 0 aromatic carbocycles. The molecule has 30 heavy (non-hydrogen) atoms. The molecular formula is C22H28N6O2. The van der Waals surface area contributed by atoms with Crippen LogP contribution in [0.1, 0.15) is 37.9 Å². The number of amides is 2. The maximum atomic E-state index is 12.3. The molecule has 0 radical (unpaired) electrons. The Morgan fingerprint density at radius 3 is 3.00 bits per heavy atom. The summed E-state index contributed by atoms with van der Waals surface area (Å²) in [5.74, 6) is 0. The summed E-state index contributed by atoms with van der Waals surface area (Å²) in [6.07, 6.45) is 5.87. The van der Waals surface area contributed by atoms with Crippen molar-refractivity contribution in [2.24, 2.45) is 0 Å². The number of carbonyl (C=O) groups is 1. The highest BCUT2D eigenvalue weighted by molar-refractivity contribution is 5.84. The quantitative estimate of drug-likeness (QED) is 0.679. The van der Waals surface area contributed by atoms with Crippen molar-refractivity contribution in [2.75, 3.05) is 26.2 Å². The van der Waals surface area contributed by atoms with Gasteiger partial charge in [-0.1, -0.05) is 0 Å².